The van der Waals surface area contributed by atoms with Crippen LogP contribution in [0.15, 0.2) is 33.6 Å². The minimum absolute atomic E-state index is 0.329. The van der Waals surface area contributed by atoms with Crippen molar-refractivity contribution >= 4 is 25.8 Å². The zero-order valence-corrected chi connectivity index (χ0v) is 11.9. The molecule has 0 aliphatic carbocycles. The average molecular weight is 316 g/mol. The van der Waals surface area contributed by atoms with Gasteiger partial charge in [-0.1, -0.05) is 21.9 Å². The zero-order valence-electron chi connectivity index (χ0n) is 9.48. The third-order valence-corrected chi connectivity index (χ3v) is 5.01. The molecule has 1 atom stereocenters. The fraction of sp³-hybridized carbons (Fsp3) is 0.333. The Morgan fingerprint density at radius 2 is 2.00 bits per heavy atom. The zero-order chi connectivity index (χ0) is 12.9. The maximum Gasteiger partial charge on any atom is 0.182 e. The van der Waals surface area contributed by atoms with Gasteiger partial charge < -0.3 is 5.32 Å². The van der Waals surface area contributed by atoms with Gasteiger partial charge in [-0.2, -0.15) is 0 Å². The second-order valence-corrected chi connectivity index (χ2v) is 6.93. The topological polar surface area (TPSA) is 46.2 Å². The van der Waals surface area contributed by atoms with Crippen LogP contribution < -0.4 is 5.32 Å². The highest BCUT2D eigenvalue weighted by Gasteiger charge is 2.22. The van der Waals surface area contributed by atoms with Crippen LogP contribution in [0, 0.1) is 12.3 Å². The molecule has 1 aromatic rings. The molecule has 1 unspecified atom stereocenters. The van der Waals surface area contributed by atoms with Gasteiger partial charge in [0.15, 0.2) is 9.84 Å². The van der Waals surface area contributed by atoms with E-state index in [-0.39, 0.29) is 0 Å². The highest BCUT2D eigenvalue weighted by molar-refractivity contribution is 9.10. The van der Waals surface area contributed by atoms with Crippen molar-refractivity contribution in [1.82, 2.24) is 5.32 Å². The van der Waals surface area contributed by atoms with Crippen LogP contribution in [0.5, 0.6) is 0 Å². The largest absolute Gasteiger partial charge is 0.305 e. The van der Waals surface area contributed by atoms with E-state index >= 15 is 0 Å². The van der Waals surface area contributed by atoms with E-state index < -0.39 is 15.1 Å². The van der Waals surface area contributed by atoms with Gasteiger partial charge in [-0.3, -0.25) is 0 Å². The van der Waals surface area contributed by atoms with Crippen LogP contribution in [0.1, 0.15) is 6.92 Å². The predicted molar refractivity (Wildman–Crippen MR) is 72.5 cm³/mol. The van der Waals surface area contributed by atoms with Crippen molar-refractivity contribution in [3.05, 3.63) is 28.7 Å². The standard InChI is InChI=1S/C12H14BrNO2S/c1-3-8-14-9-10(2)17(15,16)12-6-4-11(13)5-7-12/h1,4-7,10,14H,8-9H2,2H3. The van der Waals surface area contributed by atoms with Gasteiger partial charge in [-0.05, 0) is 31.2 Å². The molecule has 0 bridgehead atoms. The van der Waals surface area contributed by atoms with E-state index in [1.807, 2.05) is 0 Å². The molecule has 5 heteroatoms. The van der Waals surface area contributed by atoms with Gasteiger partial charge >= 0.3 is 0 Å². The van der Waals surface area contributed by atoms with Crippen LogP contribution in [-0.4, -0.2) is 26.8 Å². The maximum absolute atomic E-state index is 12.1. The SMILES string of the molecule is C#CCNCC(C)S(=O)(=O)c1ccc(Br)cc1. The molecule has 17 heavy (non-hydrogen) atoms. The first-order valence-electron chi connectivity index (χ1n) is 5.12. The Morgan fingerprint density at radius 3 is 2.53 bits per heavy atom. The number of sulfone groups is 1. The smallest absolute Gasteiger partial charge is 0.182 e. The minimum Gasteiger partial charge on any atom is -0.305 e. The Balaban J connectivity index is 2.81. The summed E-state index contributed by atoms with van der Waals surface area (Å²) < 4.78 is 25.1. The molecule has 0 spiro atoms. The van der Waals surface area contributed by atoms with Crippen molar-refractivity contribution in [3.63, 3.8) is 0 Å². The van der Waals surface area contributed by atoms with Crippen molar-refractivity contribution in [2.24, 2.45) is 0 Å². The van der Waals surface area contributed by atoms with E-state index in [1.54, 1.807) is 31.2 Å². The third kappa shape index (κ3) is 3.84. The van der Waals surface area contributed by atoms with E-state index in [0.717, 1.165) is 4.47 Å². The molecule has 0 radical (unpaired) electrons. The normalized spacial score (nSPS) is 13.0. The first-order chi connectivity index (χ1) is 7.98. The molecule has 0 aliphatic heterocycles. The summed E-state index contributed by atoms with van der Waals surface area (Å²) in [5.41, 5.74) is 0. The van der Waals surface area contributed by atoms with Crippen molar-refractivity contribution < 1.29 is 8.42 Å². The second kappa shape index (κ2) is 6.20. The average Bonchev–Trinajstić information content (AvgIpc) is 2.29. The minimum atomic E-state index is -3.29. The maximum atomic E-state index is 12.1. The monoisotopic (exact) mass is 315 g/mol. The lowest BCUT2D eigenvalue weighted by molar-refractivity contribution is 0.576. The molecular weight excluding hydrogens is 302 g/mol. The highest BCUT2D eigenvalue weighted by Crippen LogP contribution is 2.18. The number of rotatable bonds is 5. The van der Waals surface area contributed by atoms with Crippen molar-refractivity contribution in [1.29, 1.82) is 0 Å². The van der Waals surface area contributed by atoms with Gasteiger partial charge in [-0.25, -0.2) is 8.42 Å². The summed E-state index contributed by atoms with van der Waals surface area (Å²) in [7, 11) is -3.29. The molecule has 0 fully saturated rings. The summed E-state index contributed by atoms with van der Waals surface area (Å²) in [6.45, 7) is 2.39. The van der Waals surface area contributed by atoms with E-state index in [4.69, 9.17) is 6.42 Å². The van der Waals surface area contributed by atoms with Crippen LogP contribution in [0.3, 0.4) is 0 Å². The van der Waals surface area contributed by atoms with Gasteiger partial charge in [0, 0.05) is 11.0 Å². The quantitative estimate of drug-likeness (QED) is 0.666. The summed E-state index contributed by atoms with van der Waals surface area (Å²) in [4.78, 5) is 0.329. The lowest BCUT2D eigenvalue weighted by Gasteiger charge is -2.13. The lowest BCUT2D eigenvalue weighted by Crippen LogP contribution is -2.31. The van der Waals surface area contributed by atoms with Gasteiger partial charge in [0.25, 0.3) is 0 Å². The molecule has 0 saturated carbocycles. The lowest BCUT2D eigenvalue weighted by atomic mass is 10.4. The first kappa shape index (κ1) is 14.2. The molecule has 92 valence electrons. The van der Waals surface area contributed by atoms with E-state index in [9.17, 15) is 8.42 Å². The van der Waals surface area contributed by atoms with Crippen LogP contribution in [0.2, 0.25) is 0 Å². The number of halogens is 1. The van der Waals surface area contributed by atoms with Crippen molar-refractivity contribution in [2.45, 2.75) is 17.1 Å². The molecule has 1 aromatic carbocycles. The Bertz CT molecular complexity index is 502. The number of nitrogens with one attached hydrogen (secondary N) is 1. The molecule has 1 N–H and O–H groups in total. The highest BCUT2D eigenvalue weighted by atomic mass is 79.9. The van der Waals surface area contributed by atoms with Gasteiger partial charge in [-0.15, -0.1) is 6.42 Å². The summed E-state index contributed by atoms with van der Waals surface area (Å²) in [5.74, 6) is 2.41. The Hall–Kier alpha value is -0.830. The fourth-order valence-corrected chi connectivity index (χ4v) is 2.90. The number of hydrogen-bond acceptors (Lipinski definition) is 3. The number of hydrogen-bond donors (Lipinski definition) is 1. The van der Waals surface area contributed by atoms with Crippen LogP contribution in [-0.2, 0) is 9.84 Å². The fourth-order valence-electron chi connectivity index (χ4n) is 1.31. The third-order valence-electron chi connectivity index (χ3n) is 2.33. The first-order valence-corrected chi connectivity index (χ1v) is 7.46. The summed E-state index contributed by atoms with van der Waals surface area (Å²) in [6, 6.07) is 6.62. The molecular formula is C12H14BrNO2S. The predicted octanol–water partition coefficient (Wildman–Crippen LogP) is 1.83. The van der Waals surface area contributed by atoms with Gasteiger partial charge in [0.05, 0.1) is 16.7 Å². The summed E-state index contributed by atoms with van der Waals surface area (Å²) in [6.07, 6.45) is 5.08. The van der Waals surface area contributed by atoms with Crippen LogP contribution in [0.25, 0.3) is 0 Å². The van der Waals surface area contributed by atoms with Crippen molar-refractivity contribution in [3.8, 4) is 12.3 Å². The number of terminal acetylenes is 1. The van der Waals surface area contributed by atoms with Gasteiger partial charge in [0.2, 0.25) is 0 Å². The van der Waals surface area contributed by atoms with Crippen LogP contribution in [0.4, 0.5) is 0 Å². The van der Waals surface area contributed by atoms with Crippen LogP contribution >= 0.6 is 15.9 Å². The Labute approximate surface area is 111 Å². The molecule has 3 nitrogen and oxygen atoms in total. The second-order valence-electron chi connectivity index (χ2n) is 3.64. The molecule has 1 rings (SSSR count). The summed E-state index contributed by atoms with van der Waals surface area (Å²) >= 11 is 3.27. The van der Waals surface area contributed by atoms with Gasteiger partial charge in [0.1, 0.15) is 0 Å². The Morgan fingerprint density at radius 1 is 1.41 bits per heavy atom. The van der Waals surface area contributed by atoms with E-state index in [1.165, 1.54) is 0 Å². The molecule has 0 amide bonds. The van der Waals surface area contributed by atoms with E-state index in [0.29, 0.717) is 18.0 Å². The Kier molecular flexibility index (Phi) is 5.19. The van der Waals surface area contributed by atoms with Crippen molar-refractivity contribution in [2.75, 3.05) is 13.1 Å². The molecule has 0 aliphatic rings. The molecule has 0 aromatic heterocycles. The van der Waals surface area contributed by atoms with E-state index in [2.05, 4.69) is 27.2 Å². The summed E-state index contributed by atoms with van der Waals surface area (Å²) in [5, 5.41) is 2.39. The molecule has 0 heterocycles. The number of benzene rings is 1. The molecule has 0 saturated heterocycles.